The maximum atomic E-state index is 10.9. The van der Waals surface area contributed by atoms with E-state index in [9.17, 15) is 4.79 Å². The first-order valence-corrected chi connectivity index (χ1v) is 5.86. The van der Waals surface area contributed by atoms with Gasteiger partial charge in [-0.1, -0.05) is 12.1 Å². The van der Waals surface area contributed by atoms with Crippen molar-refractivity contribution in [3.63, 3.8) is 0 Å². The van der Waals surface area contributed by atoms with Crippen LogP contribution >= 0.6 is 0 Å². The van der Waals surface area contributed by atoms with Crippen LogP contribution in [0.4, 0.5) is 11.6 Å². The number of hydrogen-bond acceptors (Lipinski definition) is 5. The van der Waals surface area contributed by atoms with Crippen molar-refractivity contribution < 1.29 is 9.90 Å². The Balaban J connectivity index is 2.37. The molecule has 1 heterocycles. The zero-order valence-corrected chi connectivity index (χ0v) is 11.0. The fourth-order valence-corrected chi connectivity index (χ4v) is 1.78. The Kier molecular flexibility index (Phi) is 3.62. The number of aryl methyl sites for hydroxylation is 2. The highest BCUT2D eigenvalue weighted by Crippen LogP contribution is 2.21. The third-order valence-corrected chi connectivity index (χ3v) is 2.84. The Labute approximate surface area is 115 Å². The number of aromatic carboxylic acids is 1. The maximum Gasteiger partial charge on any atom is 0.339 e. The van der Waals surface area contributed by atoms with Gasteiger partial charge in [-0.05, 0) is 25.5 Å². The molecular formula is C14H12N4O2. The van der Waals surface area contributed by atoms with E-state index in [4.69, 9.17) is 10.4 Å². The van der Waals surface area contributed by atoms with Crippen molar-refractivity contribution in [2.24, 2.45) is 0 Å². The Morgan fingerprint density at radius 2 is 2.15 bits per heavy atom. The molecule has 0 unspecified atom stereocenters. The summed E-state index contributed by atoms with van der Waals surface area (Å²) in [5.74, 6) is -0.808. The summed E-state index contributed by atoms with van der Waals surface area (Å²) in [5, 5.41) is 21.0. The number of nitriles is 1. The minimum absolute atomic E-state index is 0.0558. The lowest BCUT2D eigenvalue weighted by atomic mass is 10.1. The average Bonchev–Trinajstić information content (AvgIpc) is 2.38. The second-order valence-electron chi connectivity index (χ2n) is 4.23. The molecule has 2 N–H and O–H groups in total. The molecule has 2 aromatic rings. The molecular weight excluding hydrogens is 256 g/mol. The molecule has 1 aromatic heterocycles. The molecule has 0 saturated carbocycles. The molecule has 0 fully saturated rings. The van der Waals surface area contributed by atoms with Crippen LogP contribution in [-0.2, 0) is 0 Å². The first kappa shape index (κ1) is 13.5. The molecule has 6 nitrogen and oxygen atoms in total. The van der Waals surface area contributed by atoms with Gasteiger partial charge in [-0.15, -0.1) is 0 Å². The Hall–Kier alpha value is -2.94. The van der Waals surface area contributed by atoms with E-state index in [2.05, 4.69) is 21.4 Å². The normalized spacial score (nSPS) is 9.85. The molecule has 0 aliphatic heterocycles. The monoisotopic (exact) mass is 268 g/mol. The number of rotatable bonds is 3. The number of carbonyl (C=O) groups is 1. The van der Waals surface area contributed by atoms with E-state index in [0.29, 0.717) is 16.9 Å². The molecule has 0 saturated heterocycles. The lowest BCUT2D eigenvalue weighted by molar-refractivity contribution is 0.0695. The van der Waals surface area contributed by atoms with Crippen LogP contribution in [0.1, 0.15) is 27.2 Å². The predicted octanol–water partition coefficient (Wildman–Crippen LogP) is 2.41. The third kappa shape index (κ3) is 2.57. The molecule has 100 valence electrons. The van der Waals surface area contributed by atoms with Crippen LogP contribution in [-0.4, -0.2) is 21.0 Å². The number of hydrogen-bond donors (Lipinski definition) is 2. The van der Waals surface area contributed by atoms with Gasteiger partial charge >= 0.3 is 5.97 Å². The largest absolute Gasteiger partial charge is 0.478 e. The van der Waals surface area contributed by atoms with E-state index in [1.165, 1.54) is 6.20 Å². The molecule has 0 amide bonds. The van der Waals surface area contributed by atoms with Crippen LogP contribution < -0.4 is 5.32 Å². The first-order chi connectivity index (χ1) is 9.52. The number of aromatic nitrogens is 2. The number of nitrogens with zero attached hydrogens (tertiary/aromatic N) is 3. The van der Waals surface area contributed by atoms with Gasteiger partial charge in [-0.3, -0.25) is 0 Å². The molecule has 2 rings (SSSR count). The highest BCUT2D eigenvalue weighted by atomic mass is 16.4. The van der Waals surface area contributed by atoms with E-state index in [-0.39, 0.29) is 11.5 Å². The summed E-state index contributed by atoms with van der Waals surface area (Å²) in [6.07, 6.45) is 1.24. The maximum absolute atomic E-state index is 10.9. The van der Waals surface area contributed by atoms with Crippen LogP contribution in [0.2, 0.25) is 0 Å². The molecule has 0 aliphatic carbocycles. The SMILES string of the molecule is Cc1cccc(Nc2ncc(C(=O)O)c(C)n2)c1C#N. The summed E-state index contributed by atoms with van der Waals surface area (Å²) in [6.45, 7) is 3.43. The van der Waals surface area contributed by atoms with Gasteiger partial charge in [0, 0.05) is 6.20 Å². The Morgan fingerprint density at radius 1 is 1.40 bits per heavy atom. The lowest BCUT2D eigenvalue weighted by Crippen LogP contribution is -2.06. The summed E-state index contributed by atoms with van der Waals surface area (Å²) in [4.78, 5) is 18.9. The van der Waals surface area contributed by atoms with Crippen LogP contribution in [0.5, 0.6) is 0 Å². The van der Waals surface area contributed by atoms with E-state index < -0.39 is 5.97 Å². The standard InChI is InChI=1S/C14H12N4O2/c1-8-4-3-5-12(10(8)6-15)18-14-16-7-11(13(19)20)9(2)17-14/h3-5,7H,1-2H3,(H,19,20)(H,16,17,18). The van der Waals surface area contributed by atoms with E-state index in [1.54, 1.807) is 13.0 Å². The van der Waals surface area contributed by atoms with Gasteiger partial charge in [0.1, 0.15) is 6.07 Å². The van der Waals surface area contributed by atoms with Crippen molar-refractivity contribution in [2.75, 3.05) is 5.32 Å². The highest BCUT2D eigenvalue weighted by molar-refractivity contribution is 5.88. The average molecular weight is 268 g/mol. The zero-order valence-electron chi connectivity index (χ0n) is 11.0. The fourth-order valence-electron chi connectivity index (χ4n) is 1.78. The molecule has 6 heteroatoms. The van der Waals surface area contributed by atoms with E-state index >= 15 is 0 Å². The van der Waals surface area contributed by atoms with Crippen molar-refractivity contribution in [1.29, 1.82) is 5.26 Å². The van der Waals surface area contributed by atoms with E-state index in [0.717, 1.165) is 5.56 Å². The van der Waals surface area contributed by atoms with Gasteiger partial charge in [-0.25, -0.2) is 14.8 Å². The molecule has 0 atom stereocenters. The molecule has 0 aliphatic rings. The number of carboxylic acid groups (broad SMARTS) is 1. The number of anilines is 2. The molecule has 0 radical (unpaired) electrons. The third-order valence-electron chi connectivity index (χ3n) is 2.84. The molecule has 0 spiro atoms. The quantitative estimate of drug-likeness (QED) is 0.886. The molecule has 0 bridgehead atoms. The van der Waals surface area contributed by atoms with Gasteiger partial charge in [0.25, 0.3) is 0 Å². The van der Waals surface area contributed by atoms with Crippen LogP contribution in [0.25, 0.3) is 0 Å². The fraction of sp³-hybridized carbons (Fsp3) is 0.143. The lowest BCUT2D eigenvalue weighted by Gasteiger charge is -2.09. The van der Waals surface area contributed by atoms with Crippen LogP contribution in [0.15, 0.2) is 24.4 Å². The summed E-state index contributed by atoms with van der Waals surface area (Å²) < 4.78 is 0. The van der Waals surface area contributed by atoms with Gasteiger partial charge in [0.05, 0.1) is 22.5 Å². The van der Waals surface area contributed by atoms with Crippen molar-refractivity contribution in [2.45, 2.75) is 13.8 Å². The van der Waals surface area contributed by atoms with Gasteiger partial charge in [0.2, 0.25) is 5.95 Å². The van der Waals surface area contributed by atoms with Crippen LogP contribution in [0.3, 0.4) is 0 Å². The molecule has 20 heavy (non-hydrogen) atoms. The smallest absolute Gasteiger partial charge is 0.339 e. The summed E-state index contributed by atoms with van der Waals surface area (Å²) >= 11 is 0. The van der Waals surface area contributed by atoms with Gasteiger partial charge < -0.3 is 10.4 Å². The predicted molar refractivity (Wildman–Crippen MR) is 72.9 cm³/mol. The summed E-state index contributed by atoms with van der Waals surface area (Å²) in [6, 6.07) is 7.51. The Bertz CT molecular complexity index is 720. The topological polar surface area (TPSA) is 98.9 Å². The van der Waals surface area contributed by atoms with Crippen molar-refractivity contribution in [3.8, 4) is 6.07 Å². The number of nitrogens with one attached hydrogen (secondary N) is 1. The first-order valence-electron chi connectivity index (χ1n) is 5.86. The van der Waals surface area contributed by atoms with Crippen molar-refractivity contribution >= 4 is 17.6 Å². The molecule has 1 aromatic carbocycles. The van der Waals surface area contributed by atoms with Gasteiger partial charge in [-0.2, -0.15) is 5.26 Å². The minimum atomic E-state index is -1.07. The Morgan fingerprint density at radius 3 is 2.75 bits per heavy atom. The number of carboxylic acids is 1. The number of benzene rings is 1. The second-order valence-corrected chi connectivity index (χ2v) is 4.23. The van der Waals surface area contributed by atoms with Crippen molar-refractivity contribution in [3.05, 3.63) is 46.8 Å². The summed E-state index contributed by atoms with van der Waals surface area (Å²) in [5.41, 5.74) is 2.36. The van der Waals surface area contributed by atoms with Crippen LogP contribution in [0, 0.1) is 25.2 Å². The van der Waals surface area contributed by atoms with E-state index in [1.807, 2.05) is 19.1 Å². The second kappa shape index (κ2) is 5.36. The summed E-state index contributed by atoms with van der Waals surface area (Å²) in [7, 11) is 0. The zero-order chi connectivity index (χ0) is 14.7. The minimum Gasteiger partial charge on any atom is -0.478 e. The van der Waals surface area contributed by atoms with Gasteiger partial charge in [0.15, 0.2) is 0 Å². The van der Waals surface area contributed by atoms with Crippen molar-refractivity contribution in [1.82, 2.24) is 9.97 Å². The highest BCUT2D eigenvalue weighted by Gasteiger charge is 2.11.